The highest BCUT2D eigenvalue weighted by Crippen LogP contribution is 2.28. The van der Waals surface area contributed by atoms with E-state index in [1.807, 2.05) is 39.8 Å². The molecule has 0 bridgehead atoms. The van der Waals surface area contributed by atoms with Gasteiger partial charge < -0.3 is 15.2 Å². The second kappa shape index (κ2) is 10.8. The van der Waals surface area contributed by atoms with Gasteiger partial charge in [-0.1, -0.05) is 20.8 Å². The van der Waals surface area contributed by atoms with E-state index < -0.39 is 0 Å². The first kappa shape index (κ1) is 27.0. The van der Waals surface area contributed by atoms with Crippen LogP contribution in [0.15, 0.2) is 24.3 Å². The molecule has 3 N–H and O–H groups in total. The average molecular weight is 491 g/mol. The number of aliphatic hydroxyl groups is 1. The molecule has 2 heterocycles. The van der Waals surface area contributed by atoms with Crippen LogP contribution in [-0.2, 0) is 12.0 Å². The van der Waals surface area contributed by atoms with Gasteiger partial charge in [0.05, 0.1) is 6.61 Å². The zero-order valence-electron chi connectivity index (χ0n) is 20.0. The third-order valence-corrected chi connectivity index (χ3v) is 5.09. The highest BCUT2D eigenvalue weighted by Gasteiger charge is 2.20. The standard InChI is InChI=1S/C23H30N6O4.ClH/c1-6-25-21(32)18-9-14(2)20-27-28(22(24)29(20)26-18)13-19(31)15-10-16(23(3,4)5)12-17(11-15)33-8-7-30;/h9-12,24,30H,6-8,13H2,1-5H3,(H,25,32);1H. The molecule has 3 rings (SSSR count). The van der Waals surface area contributed by atoms with Crippen molar-refractivity contribution in [1.29, 1.82) is 5.41 Å². The monoisotopic (exact) mass is 490 g/mol. The maximum atomic E-state index is 13.2. The van der Waals surface area contributed by atoms with Crippen molar-refractivity contribution < 1.29 is 19.4 Å². The van der Waals surface area contributed by atoms with Gasteiger partial charge in [0.25, 0.3) is 5.91 Å². The largest absolute Gasteiger partial charge is 0.491 e. The Balaban J connectivity index is 0.00000408. The summed E-state index contributed by atoms with van der Waals surface area (Å²) in [5.41, 5.74) is 2.24. The molecule has 1 aromatic carbocycles. The van der Waals surface area contributed by atoms with Gasteiger partial charge in [0.2, 0.25) is 5.62 Å². The number of halogens is 1. The minimum absolute atomic E-state index is 0. The van der Waals surface area contributed by atoms with Gasteiger partial charge >= 0.3 is 0 Å². The fourth-order valence-electron chi connectivity index (χ4n) is 3.30. The summed E-state index contributed by atoms with van der Waals surface area (Å²) in [7, 11) is 0. The number of nitrogens with one attached hydrogen (secondary N) is 2. The predicted molar refractivity (Wildman–Crippen MR) is 129 cm³/mol. The van der Waals surface area contributed by atoms with Crippen molar-refractivity contribution in [2.75, 3.05) is 19.8 Å². The van der Waals surface area contributed by atoms with Crippen LogP contribution in [0.2, 0.25) is 0 Å². The Morgan fingerprint density at radius 1 is 1.18 bits per heavy atom. The highest BCUT2D eigenvalue weighted by molar-refractivity contribution is 5.96. The molecule has 184 valence electrons. The van der Waals surface area contributed by atoms with Crippen molar-refractivity contribution in [2.45, 2.75) is 46.6 Å². The molecule has 0 aliphatic carbocycles. The van der Waals surface area contributed by atoms with E-state index in [2.05, 4.69) is 15.5 Å². The molecule has 0 saturated heterocycles. The number of amides is 1. The van der Waals surface area contributed by atoms with E-state index in [-0.39, 0.29) is 60.6 Å². The number of ether oxygens (including phenoxy) is 1. The van der Waals surface area contributed by atoms with Crippen molar-refractivity contribution in [1.82, 2.24) is 24.7 Å². The number of carbonyl (C=O) groups excluding carboxylic acids is 2. The van der Waals surface area contributed by atoms with E-state index in [0.717, 1.165) is 5.56 Å². The molecule has 0 saturated carbocycles. The number of benzene rings is 1. The first-order valence-corrected chi connectivity index (χ1v) is 10.8. The zero-order valence-corrected chi connectivity index (χ0v) is 20.8. The Bertz CT molecular complexity index is 1260. The van der Waals surface area contributed by atoms with Gasteiger partial charge in [0.1, 0.15) is 24.6 Å². The maximum Gasteiger partial charge on any atom is 0.271 e. The number of nitrogens with zero attached hydrogens (tertiary/aromatic N) is 4. The number of rotatable bonds is 8. The minimum Gasteiger partial charge on any atom is -0.491 e. The number of fused-ring (bicyclic) bond motifs is 1. The predicted octanol–water partition coefficient (Wildman–Crippen LogP) is 2.04. The van der Waals surface area contributed by atoms with Crippen LogP contribution in [0.3, 0.4) is 0 Å². The first-order chi connectivity index (χ1) is 15.5. The molecule has 0 aliphatic heterocycles. The van der Waals surface area contributed by atoms with Crippen LogP contribution in [0, 0.1) is 12.3 Å². The molecule has 0 fully saturated rings. The molecule has 10 nitrogen and oxygen atoms in total. The van der Waals surface area contributed by atoms with Gasteiger partial charge in [-0.2, -0.15) is 9.61 Å². The molecule has 0 aliphatic rings. The summed E-state index contributed by atoms with van der Waals surface area (Å²) in [5.74, 6) is -0.0962. The molecular weight excluding hydrogens is 460 g/mol. The molecule has 11 heteroatoms. The number of ketones is 1. The third-order valence-electron chi connectivity index (χ3n) is 5.09. The number of Topliss-reactive ketones (excluding diaryl/α,β-unsaturated/α-hetero) is 1. The van der Waals surface area contributed by atoms with Crippen LogP contribution in [-0.4, -0.2) is 56.0 Å². The summed E-state index contributed by atoms with van der Waals surface area (Å²) >= 11 is 0. The van der Waals surface area contributed by atoms with Crippen LogP contribution in [0.4, 0.5) is 0 Å². The SMILES string of the molecule is CCNC(=O)c1cc(C)c2nn(CC(=O)c3cc(OCCO)cc(C(C)(C)C)c3)c(=N)n2n1.Cl. The lowest BCUT2D eigenvalue weighted by molar-refractivity contribution is 0.0944. The summed E-state index contributed by atoms with van der Waals surface area (Å²) < 4.78 is 8.08. The Kier molecular flexibility index (Phi) is 8.57. The highest BCUT2D eigenvalue weighted by atomic mass is 35.5. The summed E-state index contributed by atoms with van der Waals surface area (Å²) in [6.45, 7) is 9.96. The lowest BCUT2D eigenvalue weighted by atomic mass is 9.85. The number of carbonyl (C=O) groups is 2. The van der Waals surface area contributed by atoms with Crippen LogP contribution < -0.4 is 15.7 Å². The van der Waals surface area contributed by atoms with Gasteiger partial charge in [-0.05, 0) is 54.7 Å². The van der Waals surface area contributed by atoms with Gasteiger partial charge in [0, 0.05) is 12.1 Å². The van der Waals surface area contributed by atoms with Crippen molar-refractivity contribution in [2.24, 2.45) is 0 Å². The molecule has 0 spiro atoms. The molecular formula is C23H31ClN6O4. The van der Waals surface area contributed by atoms with E-state index >= 15 is 0 Å². The summed E-state index contributed by atoms with van der Waals surface area (Å²) in [6, 6.07) is 6.90. The second-order valence-electron chi connectivity index (χ2n) is 8.78. The average Bonchev–Trinajstić information content (AvgIpc) is 3.07. The number of aromatic nitrogens is 4. The zero-order chi connectivity index (χ0) is 24.3. The molecule has 0 unspecified atom stereocenters. The normalized spacial score (nSPS) is 11.2. The second-order valence-corrected chi connectivity index (χ2v) is 8.78. The first-order valence-electron chi connectivity index (χ1n) is 10.8. The minimum atomic E-state index is -0.340. The van der Waals surface area contributed by atoms with E-state index in [0.29, 0.717) is 29.1 Å². The smallest absolute Gasteiger partial charge is 0.271 e. The molecule has 3 aromatic rings. The van der Waals surface area contributed by atoms with Crippen LogP contribution in [0.25, 0.3) is 5.65 Å². The molecule has 0 radical (unpaired) electrons. The summed E-state index contributed by atoms with van der Waals surface area (Å²) in [4.78, 5) is 25.3. The lowest BCUT2D eigenvalue weighted by Gasteiger charge is -2.21. The number of hydrogen-bond acceptors (Lipinski definition) is 7. The molecule has 2 aromatic heterocycles. The fourth-order valence-corrected chi connectivity index (χ4v) is 3.30. The third kappa shape index (κ3) is 5.81. The van der Waals surface area contributed by atoms with Crippen molar-refractivity contribution in [3.8, 4) is 5.75 Å². The van der Waals surface area contributed by atoms with Crippen LogP contribution in [0.5, 0.6) is 5.75 Å². The Morgan fingerprint density at radius 2 is 1.88 bits per heavy atom. The lowest BCUT2D eigenvalue weighted by Crippen LogP contribution is -2.29. The number of aliphatic hydroxyl groups excluding tert-OH is 1. The van der Waals surface area contributed by atoms with Gasteiger partial charge in [-0.15, -0.1) is 17.5 Å². The number of aryl methyl sites for hydroxylation is 1. The van der Waals surface area contributed by atoms with Crippen LogP contribution in [0.1, 0.15) is 59.7 Å². The van der Waals surface area contributed by atoms with Gasteiger partial charge in [-0.25, -0.2) is 4.68 Å². The molecule has 0 atom stereocenters. The summed E-state index contributed by atoms with van der Waals surface area (Å²) in [6.07, 6.45) is 0. The molecule has 34 heavy (non-hydrogen) atoms. The van der Waals surface area contributed by atoms with Crippen LogP contribution >= 0.6 is 12.4 Å². The Hall–Kier alpha value is -3.24. The topological polar surface area (TPSA) is 135 Å². The van der Waals surface area contributed by atoms with E-state index in [4.69, 9.17) is 15.3 Å². The Morgan fingerprint density at radius 3 is 2.50 bits per heavy atom. The van der Waals surface area contributed by atoms with Gasteiger partial charge in [-0.3, -0.25) is 15.0 Å². The van der Waals surface area contributed by atoms with Crippen molar-refractivity contribution in [3.63, 3.8) is 0 Å². The van der Waals surface area contributed by atoms with Gasteiger partial charge in [0.15, 0.2) is 11.4 Å². The van der Waals surface area contributed by atoms with E-state index in [1.165, 1.54) is 9.20 Å². The molecule has 1 amide bonds. The van der Waals surface area contributed by atoms with Crippen molar-refractivity contribution in [3.05, 3.63) is 52.3 Å². The maximum absolute atomic E-state index is 13.2. The van der Waals surface area contributed by atoms with E-state index in [9.17, 15) is 9.59 Å². The Labute approximate surface area is 203 Å². The number of hydrogen-bond donors (Lipinski definition) is 3. The van der Waals surface area contributed by atoms with Crippen molar-refractivity contribution >= 4 is 29.7 Å². The summed E-state index contributed by atoms with van der Waals surface area (Å²) in [5, 5.41) is 28.8. The fraction of sp³-hybridized carbons (Fsp3) is 0.435. The quantitative estimate of drug-likeness (QED) is 0.413. The van der Waals surface area contributed by atoms with E-state index in [1.54, 1.807) is 19.1 Å².